The van der Waals surface area contributed by atoms with Crippen molar-refractivity contribution in [1.29, 1.82) is 0 Å². The van der Waals surface area contributed by atoms with Gasteiger partial charge in [-0.15, -0.1) is 5.10 Å². The summed E-state index contributed by atoms with van der Waals surface area (Å²) in [6.07, 6.45) is -4.79. The summed E-state index contributed by atoms with van der Waals surface area (Å²) in [6.45, 7) is 2.19. The molecule has 1 aliphatic heterocycles. The van der Waals surface area contributed by atoms with Crippen LogP contribution in [0, 0.1) is 5.82 Å². The number of hydrogen-bond donors (Lipinski definition) is 3. The Balaban J connectivity index is 2.02. The Morgan fingerprint density at radius 2 is 1.96 bits per heavy atom. The third-order valence-electron chi connectivity index (χ3n) is 4.64. The Hall–Kier alpha value is -2.43. The molecular formula is C16H17F5N4O2. The predicted octanol–water partition coefficient (Wildman–Crippen LogP) is 3.08. The maximum Gasteiger partial charge on any atom is 0.434 e. The van der Waals surface area contributed by atoms with Gasteiger partial charge in [-0.2, -0.15) is 13.2 Å². The molecule has 1 fully saturated rings. The number of H-pyrrole nitrogens is 1. The van der Waals surface area contributed by atoms with E-state index < -0.39 is 40.7 Å². The van der Waals surface area contributed by atoms with Gasteiger partial charge in [-0.1, -0.05) is 0 Å². The van der Waals surface area contributed by atoms with E-state index in [-0.39, 0.29) is 24.3 Å². The van der Waals surface area contributed by atoms with Crippen LogP contribution >= 0.6 is 0 Å². The second kappa shape index (κ2) is 6.95. The second-order valence-electron chi connectivity index (χ2n) is 6.45. The molecule has 1 saturated heterocycles. The highest BCUT2D eigenvalue weighted by Gasteiger charge is 2.41. The Kier molecular flexibility index (Phi) is 4.98. The fourth-order valence-corrected chi connectivity index (χ4v) is 3.12. The van der Waals surface area contributed by atoms with Gasteiger partial charge in [0.2, 0.25) is 5.89 Å². The van der Waals surface area contributed by atoms with E-state index in [2.05, 4.69) is 20.1 Å². The molecule has 3 N–H and O–H groups in total. The molecule has 1 atom stereocenters. The van der Waals surface area contributed by atoms with Gasteiger partial charge in [0, 0.05) is 5.56 Å². The van der Waals surface area contributed by atoms with Crippen molar-refractivity contribution < 1.29 is 26.4 Å². The summed E-state index contributed by atoms with van der Waals surface area (Å²) in [7, 11) is 0. The van der Waals surface area contributed by atoms with Crippen molar-refractivity contribution in [3.05, 3.63) is 34.1 Å². The molecule has 2 heterocycles. The van der Waals surface area contributed by atoms with Crippen molar-refractivity contribution in [2.24, 2.45) is 0 Å². The molecule has 1 aromatic carbocycles. The molecule has 0 saturated carbocycles. The molecule has 0 bridgehead atoms. The van der Waals surface area contributed by atoms with E-state index in [1.54, 1.807) is 0 Å². The quantitative estimate of drug-likeness (QED) is 0.697. The molecule has 0 radical (unpaired) electrons. The third kappa shape index (κ3) is 3.97. The van der Waals surface area contributed by atoms with Crippen molar-refractivity contribution in [2.45, 2.75) is 37.7 Å². The van der Waals surface area contributed by atoms with Gasteiger partial charge in [0.25, 0.3) is 0 Å². The first-order valence-electron chi connectivity index (χ1n) is 8.23. The molecule has 0 aliphatic carbocycles. The van der Waals surface area contributed by atoms with Gasteiger partial charge in [-0.05, 0) is 45.0 Å². The summed E-state index contributed by atoms with van der Waals surface area (Å²) in [5, 5.41) is 10.9. The Bertz CT molecular complexity index is 870. The lowest BCUT2D eigenvalue weighted by atomic mass is 9.87. The van der Waals surface area contributed by atoms with E-state index in [1.165, 1.54) is 6.92 Å². The van der Waals surface area contributed by atoms with Crippen LogP contribution in [0.2, 0.25) is 0 Å². The first-order chi connectivity index (χ1) is 12.6. The smallest absolute Gasteiger partial charge is 0.388 e. The number of aromatic amines is 1. The molecular weight excluding hydrogens is 375 g/mol. The number of halogens is 5. The predicted molar refractivity (Wildman–Crippen MR) is 86.5 cm³/mol. The number of piperidine rings is 1. The van der Waals surface area contributed by atoms with Crippen molar-refractivity contribution in [1.82, 2.24) is 15.5 Å². The zero-order valence-electron chi connectivity index (χ0n) is 14.2. The first kappa shape index (κ1) is 19.3. The number of nitrogens with one attached hydrogen (secondary N) is 3. The molecule has 2 aromatic rings. The third-order valence-corrected chi connectivity index (χ3v) is 4.64. The van der Waals surface area contributed by atoms with Gasteiger partial charge in [-0.3, -0.25) is 0 Å². The number of aromatic nitrogens is 2. The monoisotopic (exact) mass is 392 g/mol. The number of benzene rings is 1. The minimum Gasteiger partial charge on any atom is -0.388 e. The van der Waals surface area contributed by atoms with Crippen LogP contribution < -0.4 is 16.4 Å². The van der Waals surface area contributed by atoms with Crippen molar-refractivity contribution >= 4 is 5.69 Å². The van der Waals surface area contributed by atoms with E-state index in [4.69, 9.17) is 0 Å². The van der Waals surface area contributed by atoms with Crippen LogP contribution in [-0.2, 0) is 6.18 Å². The molecule has 0 spiro atoms. The molecule has 1 aromatic heterocycles. The molecule has 6 nitrogen and oxygen atoms in total. The fourth-order valence-electron chi connectivity index (χ4n) is 3.12. The molecule has 1 aliphatic rings. The topological polar surface area (TPSA) is 83.0 Å². The highest BCUT2D eigenvalue weighted by molar-refractivity contribution is 5.66. The Morgan fingerprint density at radius 1 is 1.30 bits per heavy atom. The lowest BCUT2D eigenvalue weighted by molar-refractivity contribution is -0.139. The van der Waals surface area contributed by atoms with Crippen LogP contribution in [-0.4, -0.2) is 35.0 Å². The molecule has 148 valence electrons. The van der Waals surface area contributed by atoms with Crippen LogP contribution in [0.3, 0.4) is 0 Å². The summed E-state index contributed by atoms with van der Waals surface area (Å²) < 4.78 is 74.1. The van der Waals surface area contributed by atoms with Crippen LogP contribution in [0.25, 0.3) is 11.5 Å². The van der Waals surface area contributed by atoms with Crippen LogP contribution in [0.15, 0.2) is 21.3 Å². The first-order valence-corrected chi connectivity index (χ1v) is 8.23. The molecule has 11 heteroatoms. The Labute approximate surface area is 150 Å². The van der Waals surface area contributed by atoms with Crippen molar-refractivity contribution in [3.8, 4) is 11.5 Å². The van der Waals surface area contributed by atoms with Gasteiger partial charge in [0.15, 0.2) is 0 Å². The molecule has 0 amide bonds. The largest absolute Gasteiger partial charge is 0.434 e. The number of anilines is 1. The summed E-state index contributed by atoms with van der Waals surface area (Å²) in [6, 6.07) is 0.487. The highest BCUT2D eigenvalue weighted by Crippen LogP contribution is 2.40. The van der Waals surface area contributed by atoms with Crippen LogP contribution in [0.5, 0.6) is 0 Å². The van der Waals surface area contributed by atoms with E-state index >= 15 is 4.39 Å². The molecule has 0 unspecified atom stereocenters. The maximum atomic E-state index is 15.1. The zero-order valence-corrected chi connectivity index (χ0v) is 14.2. The number of alkyl halides is 4. The SMILES string of the molecule is C[C@H](Nc1cc(-c2n[nH]c(=O)o2)cc(F)c1C(F)(F)F)C1(F)CCNCC1. The number of nitrogens with zero attached hydrogens (tertiary/aromatic N) is 1. The van der Waals surface area contributed by atoms with Crippen LogP contribution in [0.1, 0.15) is 25.3 Å². The van der Waals surface area contributed by atoms with Gasteiger partial charge in [0.1, 0.15) is 17.0 Å². The van der Waals surface area contributed by atoms with E-state index in [0.29, 0.717) is 19.2 Å². The zero-order chi connectivity index (χ0) is 19.8. The minimum atomic E-state index is -5.01. The Morgan fingerprint density at radius 3 is 2.52 bits per heavy atom. The number of rotatable bonds is 4. The van der Waals surface area contributed by atoms with E-state index in [1.807, 2.05) is 5.10 Å². The normalized spacial score (nSPS) is 18.3. The maximum absolute atomic E-state index is 15.1. The number of hydrogen-bond acceptors (Lipinski definition) is 5. The van der Waals surface area contributed by atoms with Gasteiger partial charge in [-0.25, -0.2) is 18.7 Å². The second-order valence-corrected chi connectivity index (χ2v) is 6.45. The van der Waals surface area contributed by atoms with Gasteiger partial charge in [0.05, 0.1) is 11.7 Å². The lowest BCUT2D eigenvalue weighted by Crippen LogP contribution is -2.49. The molecule has 3 rings (SSSR count). The van der Waals surface area contributed by atoms with E-state index in [9.17, 15) is 22.4 Å². The van der Waals surface area contributed by atoms with E-state index in [0.717, 1.165) is 6.07 Å². The average molecular weight is 392 g/mol. The van der Waals surface area contributed by atoms with Gasteiger partial charge >= 0.3 is 11.9 Å². The van der Waals surface area contributed by atoms with Gasteiger partial charge < -0.3 is 15.1 Å². The average Bonchev–Trinajstić information content (AvgIpc) is 3.00. The minimum absolute atomic E-state index is 0.110. The fraction of sp³-hybridized carbons (Fsp3) is 0.500. The van der Waals surface area contributed by atoms with Crippen molar-refractivity contribution in [3.63, 3.8) is 0 Å². The summed E-state index contributed by atoms with van der Waals surface area (Å²) in [5.74, 6) is -2.90. The van der Waals surface area contributed by atoms with Crippen molar-refractivity contribution in [2.75, 3.05) is 18.4 Å². The van der Waals surface area contributed by atoms with Crippen LogP contribution in [0.4, 0.5) is 27.6 Å². The highest BCUT2D eigenvalue weighted by atomic mass is 19.4. The summed E-state index contributed by atoms with van der Waals surface area (Å²) in [4.78, 5) is 11.1. The molecule has 27 heavy (non-hydrogen) atoms. The lowest BCUT2D eigenvalue weighted by Gasteiger charge is -2.36. The summed E-state index contributed by atoms with van der Waals surface area (Å²) in [5.41, 5.74) is -4.13. The standard InChI is InChI=1S/C16H17F5N4O2/c1-8(15(18)2-4-22-5-3-15)23-11-7-9(13-24-25-14(26)27-13)6-10(17)12(11)16(19,20)21/h6-8,22-23H,2-5H2,1H3,(H,25,26)/t8-/m0/s1. The summed E-state index contributed by atoms with van der Waals surface area (Å²) >= 11 is 0.